The number of benzene rings is 2. The van der Waals surface area contributed by atoms with E-state index >= 15 is 0 Å². The number of hydrogen-bond acceptors (Lipinski definition) is 5. The lowest BCUT2D eigenvalue weighted by atomic mass is 10.0. The summed E-state index contributed by atoms with van der Waals surface area (Å²) in [5.74, 6) is -1.51. The fraction of sp³-hybridized carbons (Fsp3) is 0.148. The molecule has 35 heavy (non-hydrogen) atoms. The van der Waals surface area contributed by atoms with Gasteiger partial charge in [0, 0.05) is 34.5 Å². The van der Waals surface area contributed by atoms with Gasteiger partial charge in [-0.15, -0.1) is 11.8 Å². The van der Waals surface area contributed by atoms with Gasteiger partial charge in [0.2, 0.25) is 0 Å². The van der Waals surface area contributed by atoms with Crippen molar-refractivity contribution in [3.63, 3.8) is 0 Å². The fourth-order valence-corrected chi connectivity index (χ4v) is 5.22. The Bertz CT molecular complexity index is 1460. The summed E-state index contributed by atoms with van der Waals surface area (Å²) < 4.78 is 33.1. The molecule has 2 aromatic heterocycles. The number of ether oxygens (including phenoxy) is 1. The van der Waals surface area contributed by atoms with E-state index in [2.05, 4.69) is 9.97 Å². The first-order chi connectivity index (χ1) is 17.0. The van der Waals surface area contributed by atoms with E-state index in [9.17, 15) is 13.6 Å². The lowest BCUT2D eigenvalue weighted by molar-refractivity contribution is -0.136. The Morgan fingerprint density at radius 1 is 1.11 bits per heavy atom. The van der Waals surface area contributed by atoms with Crippen LogP contribution in [0, 0.1) is 11.6 Å². The smallest absolute Gasteiger partial charge is 0.304 e. The highest BCUT2D eigenvalue weighted by molar-refractivity contribution is 7.99. The molecule has 1 unspecified atom stereocenters. The second-order valence-electron chi connectivity index (χ2n) is 8.06. The minimum Gasteiger partial charge on any atom is -0.488 e. The van der Waals surface area contributed by atoms with Crippen LogP contribution in [0.2, 0.25) is 0 Å². The minimum absolute atomic E-state index is 0.0528. The molecule has 0 spiro atoms. The molecule has 1 aliphatic heterocycles. The van der Waals surface area contributed by atoms with Gasteiger partial charge in [-0.1, -0.05) is 24.3 Å². The maximum atomic E-state index is 13.6. The van der Waals surface area contributed by atoms with Crippen molar-refractivity contribution in [1.82, 2.24) is 9.97 Å². The normalized spacial score (nSPS) is 14.9. The minimum atomic E-state index is -0.933. The molecule has 0 radical (unpaired) electrons. The Balaban J connectivity index is 1.47. The predicted octanol–water partition coefficient (Wildman–Crippen LogP) is 6.27. The molecule has 1 N–H and O–H groups in total. The van der Waals surface area contributed by atoms with Crippen LogP contribution < -0.4 is 4.74 Å². The molecule has 3 heterocycles. The van der Waals surface area contributed by atoms with Crippen molar-refractivity contribution < 1.29 is 23.4 Å². The molecular weight excluding hydrogens is 470 g/mol. The van der Waals surface area contributed by atoms with Crippen molar-refractivity contribution in [1.29, 1.82) is 0 Å². The molecule has 1 aliphatic rings. The Labute approximate surface area is 204 Å². The Hall–Kier alpha value is -3.78. The third-order valence-corrected chi connectivity index (χ3v) is 6.92. The summed E-state index contributed by atoms with van der Waals surface area (Å²) in [7, 11) is 0. The molecule has 1 atom stereocenters. The average molecular weight is 491 g/mol. The molecule has 8 heteroatoms. The van der Waals surface area contributed by atoms with Crippen molar-refractivity contribution in [3.05, 3.63) is 101 Å². The van der Waals surface area contributed by atoms with Gasteiger partial charge >= 0.3 is 5.97 Å². The summed E-state index contributed by atoms with van der Waals surface area (Å²) in [6.45, 7) is 0.388. The number of hydrogen-bond donors (Lipinski definition) is 1. The van der Waals surface area contributed by atoms with Gasteiger partial charge in [0.05, 0.1) is 28.6 Å². The molecule has 176 valence electrons. The number of aliphatic carboxylic acids is 1. The van der Waals surface area contributed by atoms with Crippen molar-refractivity contribution >= 4 is 40.8 Å². The number of halogens is 2. The number of fused-ring (bicyclic) bond motifs is 3. The van der Waals surface area contributed by atoms with Crippen molar-refractivity contribution in [2.45, 2.75) is 18.3 Å². The Kier molecular flexibility index (Phi) is 6.46. The number of rotatable bonds is 6. The van der Waals surface area contributed by atoms with E-state index in [4.69, 9.17) is 9.84 Å². The van der Waals surface area contributed by atoms with Crippen LogP contribution in [0.4, 0.5) is 8.78 Å². The van der Waals surface area contributed by atoms with E-state index in [1.54, 1.807) is 24.4 Å². The first kappa shape index (κ1) is 23.0. The molecule has 0 saturated carbocycles. The van der Waals surface area contributed by atoms with Gasteiger partial charge in [-0.25, -0.2) is 13.8 Å². The molecule has 5 nitrogen and oxygen atoms in total. The van der Waals surface area contributed by atoms with Crippen LogP contribution in [0.15, 0.2) is 60.8 Å². The van der Waals surface area contributed by atoms with Gasteiger partial charge in [-0.2, -0.15) is 0 Å². The molecule has 0 bridgehead atoms. The standard InChI is InChI=1S/C27H20F2N2O3S/c28-21-13-17-5-7-19(31-23(17)14-22(21)29)6-3-16-4-8-24-20(12-16)27(35-11-9-25(32)33)26-18(15-34-24)2-1-10-30-26/h1-8,10,12-14,27H,9,11,15H2,(H,32,33)/b6-3+. The van der Waals surface area contributed by atoms with Gasteiger partial charge < -0.3 is 9.84 Å². The number of carboxylic acid groups (broad SMARTS) is 1. The maximum Gasteiger partial charge on any atom is 0.304 e. The number of carboxylic acids is 1. The van der Waals surface area contributed by atoms with Crippen molar-refractivity contribution in [2.75, 3.05) is 5.75 Å². The number of carbonyl (C=O) groups is 1. The van der Waals surface area contributed by atoms with E-state index in [-0.39, 0.29) is 11.7 Å². The first-order valence-electron chi connectivity index (χ1n) is 11.0. The van der Waals surface area contributed by atoms with Crippen molar-refractivity contribution in [3.8, 4) is 5.75 Å². The van der Waals surface area contributed by atoms with E-state index in [1.807, 2.05) is 36.4 Å². The van der Waals surface area contributed by atoms with E-state index in [0.717, 1.165) is 40.3 Å². The number of aromatic nitrogens is 2. The molecule has 0 amide bonds. The van der Waals surface area contributed by atoms with Crippen LogP contribution in [-0.2, 0) is 11.4 Å². The van der Waals surface area contributed by atoms with Crippen LogP contribution in [0.25, 0.3) is 23.1 Å². The SMILES string of the molecule is O=C(O)CCSC1c2cc(/C=C/c3ccc4cc(F)c(F)cc4n3)ccc2OCc2cccnc21. The highest BCUT2D eigenvalue weighted by Crippen LogP contribution is 2.44. The number of thioether (sulfide) groups is 1. The van der Waals surface area contributed by atoms with Crippen LogP contribution >= 0.6 is 11.8 Å². The largest absolute Gasteiger partial charge is 0.488 e. The topological polar surface area (TPSA) is 72.3 Å². The van der Waals surface area contributed by atoms with Crippen LogP contribution in [0.1, 0.15) is 39.7 Å². The summed E-state index contributed by atoms with van der Waals surface area (Å²) in [5, 5.41) is 9.45. The Morgan fingerprint density at radius 3 is 2.83 bits per heavy atom. The molecule has 5 rings (SSSR count). The maximum absolute atomic E-state index is 13.6. The van der Waals surface area contributed by atoms with Crippen LogP contribution in [0.5, 0.6) is 5.75 Å². The van der Waals surface area contributed by atoms with Gasteiger partial charge in [0.15, 0.2) is 11.6 Å². The lowest BCUT2D eigenvalue weighted by Crippen LogP contribution is -2.05. The monoisotopic (exact) mass is 490 g/mol. The molecule has 4 aromatic rings. The zero-order valence-electron chi connectivity index (χ0n) is 18.4. The molecule has 0 aliphatic carbocycles. The predicted molar refractivity (Wildman–Crippen MR) is 132 cm³/mol. The zero-order chi connectivity index (χ0) is 24.4. The van der Waals surface area contributed by atoms with Crippen LogP contribution in [-0.4, -0.2) is 26.8 Å². The highest BCUT2D eigenvalue weighted by atomic mass is 32.2. The van der Waals surface area contributed by atoms with Gasteiger partial charge in [0.25, 0.3) is 0 Å². The number of pyridine rings is 2. The lowest BCUT2D eigenvalue weighted by Gasteiger charge is -2.18. The van der Waals surface area contributed by atoms with Gasteiger partial charge in [0.1, 0.15) is 12.4 Å². The summed E-state index contributed by atoms with van der Waals surface area (Å²) in [4.78, 5) is 20.1. The number of nitrogens with zero attached hydrogens (tertiary/aromatic N) is 2. The summed E-state index contributed by atoms with van der Waals surface area (Å²) in [5.41, 5.74) is 4.63. The third kappa shape index (κ3) is 5.02. The summed E-state index contributed by atoms with van der Waals surface area (Å²) >= 11 is 1.53. The molecule has 0 saturated heterocycles. The van der Waals surface area contributed by atoms with Gasteiger partial charge in [-0.05, 0) is 42.0 Å². The summed E-state index contributed by atoms with van der Waals surface area (Å²) in [6, 6.07) is 15.3. The van der Waals surface area contributed by atoms with Gasteiger partial charge in [-0.3, -0.25) is 9.78 Å². The molecule has 2 aromatic carbocycles. The van der Waals surface area contributed by atoms with E-state index < -0.39 is 17.6 Å². The first-order valence-corrected chi connectivity index (χ1v) is 12.0. The third-order valence-electron chi connectivity index (χ3n) is 5.67. The summed E-state index contributed by atoms with van der Waals surface area (Å²) in [6.07, 6.45) is 5.48. The fourth-order valence-electron chi connectivity index (χ4n) is 3.96. The van der Waals surface area contributed by atoms with E-state index in [1.165, 1.54) is 11.8 Å². The quantitative estimate of drug-likeness (QED) is 0.344. The second-order valence-corrected chi connectivity index (χ2v) is 9.27. The molecule has 0 fully saturated rings. The highest BCUT2D eigenvalue weighted by Gasteiger charge is 2.26. The Morgan fingerprint density at radius 2 is 1.97 bits per heavy atom. The zero-order valence-corrected chi connectivity index (χ0v) is 19.3. The van der Waals surface area contributed by atoms with Crippen molar-refractivity contribution in [2.24, 2.45) is 0 Å². The van der Waals surface area contributed by atoms with E-state index in [0.29, 0.717) is 29.0 Å². The average Bonchev–Trinajstić information content (AvgIpc) is 3.00. The second kappa shape index (κ2) is 9.84. The molecular formula is C27H20F2N2O3S. The van der Waals surface area contributed by atoms with Crippen LogP contribution in [0.3, 0.4) is 0 Å².